The van der Waals surface area contributed by atoms with Crippen molar-refractivity contribution in [1.29, 1.82) is 0 Å². The van der Waals surface area contributed by atoms with Gasteiger partial charge in [-0.2, -0.15) is 9.78 Å². The van der Waals surface area contributed by atoms with Crippen molar-refractivity contribution >= 4 is 11.7 Å². The van der Waals surface area contributed by atoms with E-state index in [1.54, 1.807) is 11.6 Å². The number of nitro groups is 1. The summed E-state index contributed by atoms with van der Waals surface area (Å²) in [5, 5.41) is 21.8. The molecule has 0 aromatic carbocycles. The molecule has 0 aliphatic rings. The zero-order valence-electron chi connectivity index (χ0n) is 13.6. The van der Waals surface area contributed by atoms with Crippen LogP contribution in [0, 0.1) is 24.0 Å². The average Bonchev–Trinajstić information content (AvgIpc) is 3.01. The van der Waals surface area contributed by atoms with Crippen molar-refractivity contribution in [1.82, 2.24) is 24.9 Å². The molecule has 2 aromatic heterocycles. The van der Waals surface area contributed by atoms with Gasteiger partial charge in [0.1, 0.15) is 0 Å². The highest BCUT2D eigenvalue weighted by atomic mass is 16.6. The molecule has 1 unspecified atom stereocenters. The molecule has 0 fully saturated rings. The highest BCUT2D eigenvalue weighted by molar-refractivity contribution is 5.80. The minimum Gasteiger partial charge on any atom is -0.358 e. The molecule has 0 aliphatic heterocycles. The zero-order chi connectivity index (χ0) is 17.1. The summed E-state index contributed by atoms with van der Waals surface area (Å²) in [6, 6.07) is 0.780. The monoisotopic (exact) mass is 320 g/mol. The Morgan fingerprint density at radius 2 is 2.13 bits per heavy atom. The second-order valence-corrected chi connectivity index (χ2v) is 5.40. The number of carbonyl (C=O) groups is 1. The SMILES string of the molecule is CCC(C(=O)NCc1cn(C)nc1C)n1nc([N+](=O)[O-])cc1C. The first-order chi connectivity index (χ1) is 10.8. The lowest BCUT2D eigenvalue weighted by molar-refractivity contribution is -0.389. The van der Waals surface area contributed by atoms with E-state index in [9.17, 15) is 14.9 Å². The van der Waals surface area contributed by atoms with Crippen LogP contribution in [0.15, 0.2) is 12.3 Å². The number of rotatable bonds is 6. The van der Waals surface area contributed by atoms with Crippen LogP contribution >= 0.6 is 0 Å². The number of amides is 1. The lowest BCUT2D eigenvalue weighted by Gasteiger charge is -2.14. The topological polar surface area (TPSA) is 108 Å². The van der Waals surface area contributed by atoms with Crippen LogP contribution in [0.1, 0.15) is 36.3 Å². The van der Waals surface area contributed by atoms with Gasteiger partial charge < -0.3 is 15.4 Å². The predicted molar refractivity (Wildman–Crippen MR) is 82.7 cm³/mol. The van der Waals surface area contributed by atoms with Gasteiger partial charge in [0.15, 0.2) is 6.04 Å². The summed E-state index contributed by atoms with van der Waals surface area (Å²) in [6.07, 6.45) is 2.33. The molecule has 0 saturated carbocycles. The Kier molecular flexibility index (Phi) is 4.77. The minimum atomic E-state index is -0.583. The van der Waals surface area contributed by atoms with Crippen LogP contribution in [0.4, 0.5) is 5.82 Å². The zero-order valence-corrected chi connectivity index (χ0v) is 13.6. The molecule has 0 bridgehead atoms. The fourth-order valence-corrected chi connectivity index (χ4v) is 2.47. The molecule has 23 heavy (non-hydrogen) atoms. The Morgan fingerprint density at radius 3 is 2.61 bits per heavy atom. The van der Waals surface area contributed by atoms with Gasteiger partial charge in [-0.05, 0) is 25.2 Å². The lowest BCUT2D eigenvalue weighted by Crippen LogP contribution is -2.33. The number of hydrogen-bond donors (Lipinski definition) is 1. The van der Waals surface area contributed by atoms with Crippen LogP contribution in [0.3, 0.4) is 0 Å². The first-order valence-corrected chi connectivity index (χ1v) is 7.30. The molecule has 2 aromatic rings. The maximum absolute atomic E-state index is 12.4. The normalized spacial score (nSPS) is 12.2. The fraction of sp³-hybridized carbons (Fsp3) is 0.500. The summed E-state index contributed by atoms with van der Waals surface area (Å²) in [4.78, 5) is 22.7. The summed E-state index contributed by atoms with van der Waals surface area (Å²) < 4.78 is 3.10. The Hall–Kier alpha value is -2.71. The smallest absolute Gasteiger partial charge is 0.358 e. The first-order valence-electron chi connectivity index (χ1n) is 7.30. The van der Waals surface area contributed by atoms with Gasteiger partial charge in [-0.3, -0.25) is 9.48 Å². The molecular formula is C14H20N6O3. The molecule has 2 rings (SSSR count). The van der Waals surface area contributed by atoms with Crippen molar-refractivity contribution in [3.63, 3.8) is 0 Å². The molecule has 9 nitrogen and oxygen atoms in total. The van der Waals surface area contributed by atoms with Crippen LogP contribution in [0.25, 0.3) is 0 Å². The molecule has 0 aliphatic carbocycles. The van der Waals surface area contributed by atoms with Crippen molar-refractivity contribution in [2.45, 2.75) is 39.8 Å². The van der Waals surface area contributed by atoms with Crippen molar-refractivity contribution in [3.05, 3.63) is 39.3 Å². The maximum Gasteiger partial charge on any atom is 0.390 e. The van der Waals surface area contributed by atoms with E-state index < -0.39 is 11.0 Å². The summed E-state index contributed by atoms with van der Waals surface area (Å²) in [7, 11) is 1.82. The van der Waals surface area contributed by atoms with E-state index >= 15 is 0 Å². The van der Waals surface area contributed by atoms with Gasteiger partial charge in [0.05, 0.1) is 22.6 Å². The standard InChI is InChI=1S/C14H20N6O3/c1-5-12(19-9(2)6-13(17-19)20(22)23)14(21)15-7-11-8-18(4)16-10(11)3/h6,8,12H,5,7H2,1-4H3,(H,15,21). The van der Waals surface area contributed by atoms with E-state index in [2.05, 4.69) is 15.5 Å². The van der Waals surface area contributed by atoms with Crippen molar-refractivity contribution in [2.24, 2.45) is 7.05 Å². The first kappa shape index (κ1) is 16.7. The molecule has 124 valence electrons. The second-order valence-electron chi connectivity index (χ2n) is 5.40. The van der Waals surface area contributed by atoms with Gasteiger partial charge in [0.2, 0.25) is 5.91 Å². The van der Waals surface area contributed by atoms with Gasteiger partial charge in [-0.1, -0.05) is 6.92 Å². The molecule has 1 atom stereocenters. The third-order valence-electron chi connectivity index (χ3n) is 3.65. The molecule has 0 saturated heterocycles. The van der Waals surface area contributed by atoms with E-state index in [1.165, 1.54) is 10.7 Å². The van der Waals surface area contributed by atoms with E-state index in [0.717, 1.165) is 11.3 Å². The quantitative estimate of drug-likeness (QED) is 0.639. The summed E-state index contributed by atoms with van der Waals surface area (Å²) in [6.45, 7) is 5.77. The Morgan fingerprint density at radius 1 is 1.43 bits per heavy atom. The highest BCUT2D eigenvalue weighted by Gasteiger charge is 2.26. The number of carbonyl (C=O) groups excluding carboxylic acids is 1. The molecule has 2 heterocycles. The number of aryl methyl sites for hydroxylation is 3. The number of nitrogens with one attached hydrogen (secondary N) is 1. The van der Waals surface area contributed by atoms with Crippen molar-refractivity contribution in [3.8, 4) is 0 Å². The third-order valence-corrected chi connectivity index (χ3v) is 3.65. The summed E-state index contributed by atoms with van der Waals surface area (Å²) >= 11 is 0. The Labute approximate surface area is 133 Å². The fourth-order valence-electron chi connectivity index (χ4n) is 2.47. The van der Waals surface area contributed by atoms with E-state index in [0.29, 0.717) is 18.7 Å². The van der Waals surface area contributed by atoms with Gasteiger partial charge in [0.25, 0.3) is 0 Å². The second kappa shape index (κ2) is 6.59. The summed E-state index contributed by atoms with van der Waals surface area (Å²) in [5.74, 6) is -0.478. The van der Waals surface area contributed by atoms with E-state index in [1.807, 2.05) is 27.1 Å². The van der Waals surface area contributed by atoms with E-state index in [-0.39, 0.29) is 11.7 Å². The van der Waals surface area contributed by atoms with Crippen LogP contribution in [-0.4, -0.2) is 30.4 Å². The van der Waals surface area contributed by atoms with Gasteiger partial charge in [-0.15, -0.1) is 0 Å². The van der Waals surface area contributed by atoms with Crippen LogP contribution in [-0.2, 0) is 18.4 Å². The molecule has 0 spiro atoms. The maximum atomic E-state index is 12.4. The molecular weight excluding hydrogens is 300 g/mol. The largest absolute Gasteiger partial charge is 0.390 e. The van der Waals surface area contributed by atoms with Crippen LogP contribution in [0.5, 0.6) is 0 Å². The Bertz CT molecular complexity index is 733. The van der Waals surface area contributed by atoms with E-state index in [4.69, 9.17) is 0 Å². The number of hydrogen-bond acceptors (Lipinski definition) is 5. The van der Waals surface area contributed by atoms with Gasteiger partial charge >= 0.3 is 5.82 Å². The molecule has 0 radical (unpaired) electrons. The Balaban J connectivity index is 2.12. The lowest BCUT2D eigenvalue weighted by atomic mass is 10.2. The number of aromatic nitrogens is 4. The number of nitrogens with zero attached hydrogens (tertiary/aromatic N) is 5. The summed E-state index contributed by atoms with van der Waals surface area (Å²) in [5.41, 5.74) is 2.36. The molecule has 1 N–H and O–H groups in total. The van der Waals surface area contributed by atoms with Gasteiger partial charge in [0, 0.05) is 25.4 Å². The van der Waals surface area contributed by atoms with Crippen molar-refractivity contribution < 1.29 is 9.72 Å². The predicted octanol–water partition coefficient (Wildman–Crippen LogP) is 1.41. The van der Waals surface area contributed by atoms with Gasteiger partial charge in [-0.25, -0.2) is 0 Å². The third kappa shape index (κ3) is 3.55. The highest BCUT2D eigenvalue weighted by Crippen LogP contribution is 2.19. The molecule has 1 amide bonds. The molecule has 9 heteroatoms. The van der Waals surface area contributed by atoms with Crippen LogP contribution in [0.2, 0.25) is 0 Å². The minimum absolute atomic E-state index is 0.225. The van der Waals surface area contributed by atoms with Crippen LogP contribution < -0.4 is 5.32 Å². The van der Waals surface area contributed by atoms with Crippen molar-refractivity contribution in [2.75, 3.05) is 0 Å². The average molecular weight is 320 g/mol.